The van der Waals surface area contributed by atoms with Gasteiger partial charge in [-0.3, -0.25) is 9.62 Å². The zero-order valence-electron chi connectivity index (χ0n) is 7.18. The summed E-state index contributed by atoms with van der Waals surface area (Å²) in [6.07, 6.45) is 2.73. The van der Waals surface area contributed by atoms with Crippen LogP contribution in [0, 0.1) is 5.41 Å². The van der Waals surface area contributed by atoms with Crippen LogP contribution in [-0.4, -0.2) is 35.4 Å². The van der Waals surface area contributed by atoms with Gasteiger partial charge in [0.1, 0.15) is 5.52 Å². The summed E-state index contributed by atoms with van der Waals surface area (Å²) >= 11 is 0. The van der Waals surface area contributed by atoms with Crippen molar-refractivity contribution in [2.45, 2.75) is 5.16 Å². The number of fused-ring (bicyclic) bond motifs is 1. The molecule has 8 heteroatoms. The Labute approximate surface area is 80.4 Å². The number of rotatable bonds is 1. The molecule has 2 heterocycles. The van der Waals surface area contributed by atoms with Crippen LogP contribution in [0.2, 0.25) is 0 Å². The Morgan fingerprint density at radius 3 is 3.07 bits per heavy atom. The minimum absolute atomic E-state index is 0.0883. The maximum absolute atomic E-state index is 11.1. The van der Waals surface area contributed by atoms with Gasteiger partial charge in [-0.15, -0.1) is 4.73 Å². The van der Waals surface area contributed by atoms with Crippen LogP contribution in [-0.2, 0) is 10.8 Å². The second-order valence-electron chi connectivity index (χ2n) is 2.61. The van der Waals surface area contributed by atoms with Crippen molar-refractivity contribution in [2.75, 3.05) is 6.26 Å². The van der Waals surface area contributed by atoms with Crippen LogP contribution in [0.15, 0.2) is 11.5 Å². The molecular weight excluding hydrogens is 206 g/mol. The summed E-state index contributed by atoms with van der Waals surface area (Å²) in [5.74, 6) is 0. The van der Waals surface area contributed by atoms with Gasteiger partial charge in [0.15, 0.2) is 11.1 Å². The van der Waals surface area contributed by atoms with Crippen molar-refractivity contribution in [2.24, 2.45) is 0 Å². The van der Waals surface area contributed by atoms with Crippen molar-refractivity contribution in [1.82, 2.24) is 19.7 Å². The number of aromatic nitrogens is 4. The van der Waals surface area contributed by atoms with Crippen LogP contribution < -0.4 is 5.49 Å². The minimum Gasteiger partial charge on any atom is -0.424 e. The molecule has 0 saturated heterocycles. The molecule has 1 atom stereocenters. The lowest BCUT2D eigenvalue weighted by Gasteiger charge is -2.02. The summed E-state index contributed by atoms with van der Waals surface area (Å²) in [6, 6.07) is 0. The Hall–Kier alpha value is -1.70. The van der Waals surface area contributed by atoms with Crippen LogP contribution >= 0.6 is 0 Å². The Morgan fingerprint density at radius 2 is 2.43 bits per heavy atom. The highest BCUT2D eigenvalue weighted by Gasteiger charge is 2.11. The van der Waals surface area contributed by atoms with Crippen molar-refractivity contribution in [1.29, 1.82) is 5.41 Å². The molecule has 0 radical (unpaired) electrons. The minimum atomic E-state index is -1.46. The maximum Gasteiger partial charge on any atom is 0.237 e. The van der Waals surface area contributed by atoms with Crippen molar-refractivity contribution < 1.29 is 9.42 Å². The van der Waals surface area contributed by atoms with E-state index in [9.17, 15) is 9.42 Å². The standard InChI is InChI=1S/C6H7N5O2S/c1-14(13)6-10-5-3(8-2-9-5)4(7)11(6)12/h2,7,12H,1H3,(H,8,9). The van der Waals surface area contributed by atoms with E-state index in [4.69, 9.17) is 5.41 Å². The van der Waals surface area contributed by atoms with Gasteiger partial charge in [0.05, 0.1) is 17.1 Å². The van der Waals surface area contributed by atoms with Gasteiger partial charge in [-0.25, -0.2) is 4.98 Å². The SMILES string of the molecule is CS(=O)c1nc2nc[nH]c2c(=N)n1O. The third-order valence-electron chi connectivity index (χ3n) is 1.71. The molecule has 0 saturated carbocycles. The van der Waals surface area contributed by atoms with Crippen molar-refractivity contribution in [3.8, 4) is 0 Å². The molecule has 14 heavy (non-hydrogen) atoms. The maximum atomic E-state index is 11.1. The fourth-order valence-corrected chi connectivity index (χ4v) is 1.62. The van der Waals surface area contributed by atoms with E-state index in [-0.39, 0.29) is 16.3 Å². The van der Waals surface area contributed by atoms with E-state index < -0.39 is 10.8 Å². The average Bonchev–Trinajstić information content (AvgIpc) is 2.58. The number of hydrogen-bond acceptors (Lipinski definition) is 5. The van der Waals surface area contributed by atoms with E-state index in [1.54, 1.807) is 0 Å². The second kappa shape index (κ2) is 2.91. The predicted octanol–water partition coefficient (Wildman–Crippen LogP) is -0.786. The van der Waals surface area contributed by atoms with Gasteiger partial charge in [-0.1, -0.05) is 0 Å². The number of nitrogens with one attached hydrogen (secondary N) is 2. The summed E-state index contributed by atoms with van der Waals surface area (Å²) < 4.78 is 11.6. The molecule has 0 amide bonds. The summed E-state index contributed by atoms with van der Waals surface area (Å²) in [6.45, 7) is 0. The van der Waals surface area contributed by atoms with Gasteiger partial charge < -0.3 is 10.2 Å². The van der Waals surface area contributed by atoms with Gasteiger partial charge in [0.25, 0.3) is 0 Å². The smallest absolute Gasteiger partial charge is 0.237 e. The van der Waals surface area contributed by atoms with Crippen LogP contribution in [0.5, 0.6) is 0 Å². The Bertz CT molecular complexity index is 571. The molecular formula is C6H7N5O2S. The molecule has 0 bridgehead atoms. The van der Waals surface area contributed by atoms with Gasteiger partial charge in [0.2, 0.25) is 5.16 Å². The van der Waals surface area contributed by atoms with Gasteiger partial charge in [0, 0.05) is 6.26 Å². The van der Waals surface area contributed by atoms with Crippen LogP contribution in [0.3, 0.4) is 0 Å². The monoisotopic (exact) mass is 213 g/mol. The number of H-pyrrole nitrogens is 1. The molecule has 0 aliphatic rings. The highest BCUT2D eigenvalue weighted by molar-refractivity contribution is 7.84. The number of imidazole rings is 1. The lowest BCUT2D eigenvalue weighted by atomic mass is 10.5. The van der Waals surface area contributed by atoms with Gasteiger partial charge >= 0.3 is 0 Å². The van der Waals surface area contributed by atoms with Gasteiger partial charge in [-0.2, -0.15) is 4.98 Å². The number of nitrogens with zero attached hydrogens (tertiary/aromatic N) is 3. The largest absolute Gasteiger partial charge is 0.424 e. The summed E-state index contributed by atoms with van der Waals surface area (Å²) in [5.41, 5.74) is 0.366. The van der Waals surface area contributed by atoms with Crippen LogP contribution in [0.1, 0.15) is 0 Å². The normalized spacial score (nSPS) is 13.2. The summed E-state index contributed by atoms with van der Waals surface area (Å²) in [5, 5.41) is 16.8. The summed E-state index contributed by atoms with van der Waals surface area (Å²) in [4.78, 5) is 10.3. The third kappa shape index (κ3) is 1.11. The Balaban J connectivity index is 2.94. The topological polar surface area (TPSA) is 108 Å². The fraction of sp³-hybridized carbons (Fsp3) is 0.167. The third-order valence-corrected chi connectivity index (χ3v) is 2.49. The first-order valence-electron chi connectivity index (χ1n) is 3.64. The lowest BCUT2D eigenvalue weighted by molar-refractivity contribution is 0.140. The molecule has 7 nitrogen and oxygen atoms in total. The quantitative estimate of drug-likeness (QED) is 0.426. The van der Waals surface area contributed by atoms with Crippen molar-refractivity contribution >= 4 is 22.0 Å². The van der Waals surface area contributed by atoms with E-state index >= 15 is 0 Å². The number of hydrogen-bond donors (Lipinski definition) is 3. The van der Waals surface area contributed by atoms with Gasteiger partial charge in [-0.05, 0) is 0 Å². The van der Waals surface area contributed by atoms with E-state index in [1.807, 2.05) is 0 Å². The molecule has 0 aliphatic carbocycles. The first-order valence-corrected chi connectivity index (χ1v) is 5.20. The van der Waals surface area contributed by atoms with Crippen molar-refractivity contribution in [3.05, 3.63) is 11.8 Å². The molecule has 2 aromatic heterocycles. The second-order valence-corrected chi connectivity index (χ2v) is 3.88. The Morgan fingerprint density at radius 1 is 1.71 bits per heavy atom. The van der Waals surface area contributed by atoms with E-state index in [2.05, 4.69) is 15.0 Å². The molecule has 0 fully saturated rings. The summed E-state index contributed by atoms with van der Waals surface area (Å²) in [7, 11) is -1.46. The highest BCUT2D eigenvalue weighted by Crippen LogP contribution is 2.03. The lowest BCUT2D eigenvalue weighted by Crippen LogP contribution is -2.23. The zero-order valence-corrected chi connectivity index (χ0v) is 8.00. The zero-order chi connectivity index (χ0) is 10.3. The first kappa shape index (κ1) is 8.88. The molecule has 2 rings (SSSR count). The number of aromatic amines is 1. The molecule has 1 unspecified atom stereocenters. The van der Waals surface area contributed by atoms with E-state index in [0.29, 0.717) is 10.2 Å². The molecule has 3 N–H and O–H groups in total. The van der Waals surface area contributed by atoms with Crippen LogP contribution in [0.25, 0.3) is 11.2 Å². The predicted molar refractivity (Wildman–Crippen MR) is 47.3 cm³/mol. The molecule has 2 aromatic rings. The fourth-order valence-electron chi connectivity index (χ4n) is 1.07. The van der Waals surface area contributed by atoms with E-state index in [0.717, 1.165) is 0 Å². The highest BCUT2D eigenvalue weighted by atomic mass is 32.2. The van der Waals surface area contributed by atoms with Crippen LogP contribution in [0.4, 0.5) is 0 Å². The Kier molecular flexibility index (Phi) is 1.84. The molecule has 74 valence electrons. The first-order chi connectivity index (χ1) is 6.61. The molecule has 0 aromatic carbocycles. The average molecular weight is 213 g/mol. The molecule has 0 aliphatic heterocycles. The van der Waals surface area contributed by atoms with E-state index in [1.165, 1.54) is 12.6 Å². The molecule has 0 spiro atoms. The van der Waals surface area contributed by atoms with Crippen molar-refractivity contribution in [3.63, 3.8) is 0 Å².